The molecule has 0 radical (unpaired) electrons. The van der Waals surface area contributed by atoms with Gasteiger partial charge in [-0.1, -0.05) is 70.6 Å². The second-order valence-corrected chi connectivity index (χ2v) is 5.19. The lowest BCUT2D eigenvalue weighted by atomic mass is 9.99. The Morgan fingerprint density at radius 2 is 1.68 bits per heavy atom. The van der Waals surface area contributed by atoms with Gasteiger partial charge in [-0.05, 0) is 19.0 Å². The van der Waals surface area contributed by atoms with Gasteiger partial charge >= 0.3 is 0 Å². The average Bonchev–Trinajstić information content (AvgIpc) is 2.42. The van der Waals surface area contributed by atoms with E-state index in [4.69, 9.17) is 0 Å². The molecule has 1 nitrogen and oxygen atoms in total. The molecule has 0 spiro atoms. The van der Waals surface area contributed by atoms with Crippen molar-refractivity contribution in [3.63, 3.8) is 0 Å². The van der Waals surface area contributed by atoms with Crippen LogP contribution in [0.25, 0.3) is 0 Å². The summed E-state index contributed by atoms with van der Waals surface area (Å²) in [4.78, 5) is 0. The van der Waals surface area contributed by atoms with Crippen molar-refractivity contribution in [1.29, 1.82) is 0 Å². The number of nitrogens with one attached hydrogen (secondary N) is 1. The second kappa shape index (κ2) is 9.96. The van der Waals surface area contributed by atoms with Crippen molar-refractivity contribution in [3.8, 4) is 0 Å². The van der Waals surface area contributed by atoms with E-state index in [0.717, 1.165) is 18.5 Å². The summed E-state index contributed by atoms with van der Waals surface area (Å²) >= 11 is 0. The maximum Gasteiger partial charge on any atom is 0.127 e. The maximum absolute atomic E-state index is 13.8. The van der Waals surface area contributed by atoms with Gasteiger partial charge in [-0.25, -0.2) is 4.39 Å². The molecule has 0 saturated heterocycles. The van der Waals surface area contributed by atoms with E-state index in [9.17, 15) is 4.39 Å². The van der Waals surface area contributed by atoms with Gasteiger partial charge < -0.3 is 5.32 Å². The van der Waals surface area contributed by atoms with Gasteiger partial charge in [0, 0.05) is 11.6 Å². The predicted molar refractivity (Wildman–Crippen MR) is 80.8 cm³/mol. The molecule has 0 saturated carbocycles. The van der Waals surface area contributed by atoms with Crippen LogP contribution >= 0.6 is 0 Å². The van der Waals surface area contributed by atoms with Crippen molar-refractivity contribution < 1.29 is 4.39 Å². The predicted octanol–water partition coefficient (Wildman–Crippen LogP) is 5.23. The zero-order valence-corrected chi connectivity index (χ0v) is 12.4. The lowest BCUT2D eigenvalue weighted by Crippen LogP contribution is -2.21. The summed E-state index contributed by atoms with van der Waals surface area (Å²) in [6.07, 6.45) is 8.73. The Kier molecular flexibility index (Phi) is 8.48. The van der Waals surface area contributed by atoms with Crippen LogP contribution in [0.4, 0.5) is 4.39 Å². The molecule has 0 aromatic heterocycles. The van der Waals surface area contributed by atoms with E-state index in [0.29, 0.717) is 0 Å². The molecule has 0 heterocycles. The van der Waals surface area contributed by atoms with Crippen molar-refractivity contribution in [2.45, 2.75) is 64.8 Å². The first-order valence-corrected chi connectivity index (χ1v) is 7.77. The summed E-state index contributed by atoms with van der Waals surface area (Å²) in [5.41, 5.74) is 0.818. The van der Waals surface area contributed by atoms with Crippen LogP contribution in [0.5, 0.6) is 0 Å². The number of halogens is 1. The van der Waals surface area contributed by atoms with Crippen molar-refractivity contribution >= 4 is 0 Å². The molecule has 1 unspecified atom stereocenters. The average molecular weight is 265 g/mol. The van der Waals surface area contributed by atoms with Gasteiger partial charge in [-0.15, -0.1) is 0 Å². The van der Waals surface area contributed by atoms with Crippen LogP contribution in [0.2, 0.25) is 0 Å². The van der Waals surface area contributed by atoms with E-state index in [1.54, 1.807) is 12.1 Å². The quantitative estimate of drug-likeness (QED) is 0.571. The highest BCUT2D eigenvalue weighted by Gasteiger charge is 2.13. The molecule has 108 valence electrons. The van der Waals surface area contributed by atoms with E-state index >= 15 is 0 Å². The number of hydrogen-bond donors (Lipinski definition) is 1. The summed E-state index contributed by atoms with van der Waals surface area (Å²) in [6, 6.07) is 7.30. The molecule has 1 atom stereocenters. The molecule has 1 rings (SSSR count). The molecular weight excluding hydrogens is 237 g/mol. The van der Waals surface area contributed by atoms with Crippen LogP contribution < -0.4 is 5.32 Å². The number of hydrogen-bond acceptors (Lipinski definition) is 1. The van der Waals surface area contributed by atoms with Crippen LogP contribution in [0.1, 0.15) is 70.4 Å². The fourth-order valence-corrected chi connectivity index (χ4v) is 2.50. The molecule has 0 aliphatic rings. The smallest absolute Gasteiger partial charge is 0.127 e. The minimum Gasteiger partial charge on any atom is -0.310 e. The highest BCUT2D eigenvalue weighted by molar-refractivity contribution is 5.21. The van der Waals surface area contributed by atoms with Crippen LogP contribution in [0, 0.1) is 5.82 Å². The van der Waals surface area contributed by atoms with Gasteiger partial charge in [0.05, 0.1) is 0 Å². The fraction of sp³-hybridized carbons (Fsp3) is 0.647. The summed E-state index contributed by atoms with van der Waals surface area (Å²) in [6.45, 7) is 5.20. The van der Waals surface area contributed by atoms with Crippen molar-refractivity contribution in [1.82, 2.24) is 5.32 Å². The lowest BCUT2D eigenvalue weighted by molar-refractivity contribution is 0.458. The summed E-state index contributed by atoms with van der Waals surface area (Å²) in [5.74, 6) is -0.0839. The van der Waals surface area contributed by atoms with E-state index in [1.807, 2.05) is 12.1 Å². The summed E-state index contributed by atoms with van der Waals surface area (Å²) < 4.78 is 13.8. The van der Waals surface area contributed by atoms with Gasteiger partial charge in [0.1, 0.15) is 5.82 Å². The molecule has 19 heavy (non-hydrogen) atoms. The third-order valence-electron chi connectivity index (χ3n) is 3.58. The fourth-order valence-electron chi connectivity index (χ4n) is 2.50. The largest absolute Gasteiger partial charge is 0.310 e. The van der Waals surface area contributed by atoms with Crippen LogP contribution in [-0.2, 0) is 0 Å². The summed E-state index contributed by atoms with van der Waals surface area (Å²) in [7, 11) is 0. The summed E-state index contributed by atoms with van der Waals surface area (Å²) in [5, 5.41) is 3.40. The van der Waals surface area contributed by atoms with Gasteiger partial charge in [0.2, 0.25) is 0 Å². The third-order valence-corrected chi connectivity index (χ3v) is 3.58. The second-order valence-electron chi connectivity index (χ2n) is 5.19. The van der Waals surface area contributed by atoms with Gasteiger partial charge in [-0.2, -0.15) is 0 Å². The van der Waals surface area contributed by atoms with Crippen molar-refractivity contribution in [3.05, 3.63) is 35.6 Å². The highest BCUT2D eigenvalue weighted by atomic mass is 19.1. The minimum absolute atomic E-state index is 0.0839. The Morgan fingerprint density at radius 3 is 2.37 bits per heavy atom. The molecular formula is C17H28FN. The first kappa shape index (κ1) is 16.2. The molecule has 0 bridgehead atoms. The Bertz CT molecular complexity index is 338. The molecule has 0 aliphatic carbocycles. The van der Waals surface area contributed by atoms with Gasteiger partial charge in [-0.3, -0.25) is 0 Å². The first-order chi connectivity index (χ1) is 9.29. The molecule has 2 heteroatoms. The normalized spacial score (nSPS) is 12.6. The van der Waals surface area contributed by atoms with Gasteiger partial charge in [0.25, 0.3) is 0 Å². The van der Waals surface area contributed by atoms with Crippen molar-refractivity contribution in [2.75, 3.05) is 6.54 Å². The molecule has 1 N–H and O–H groups in total. The highest BCUT2D eigenvalue weighted by Crippen LogP contribution is 2.22. The zero-order chi connectivity index (χ0) is 13.9. The van der Waals surface area contributed by atoms with Crippen LogP contribution in [0.3, 0.4) is 0 Å². The Labute approximate surface area is 117 Å². The maximum atomic E-state index is 13.8. The van der Waals surface area contributed by atoms with E-state index in [2.05, 4.69) is 19.2 Å². The molecule has 0 amide bonds. The standard InChI is InChI=1S/C17H28FN/c1-3-5-6-7-8-9-14-17(19-4-2)15-12-10-11-13-16(15)18/h10-13,17,19H,3-9,14H2,1-2H3. The van der Waals surface area contributed by atoms with Crippen LogP contribution in [0.15, 0.2) is 24.3 Å². The number of rotatable bonds is 10. The SMILES string of the molecule is CCCCCCCCC(NCC)c1ccccc1F. The van der Waals surface area contributed by atoms with Crippen LogP contribution in [-0.4, -0.2) is 6.54 Å². The third kappa shape index (κ3) is 6.20. The molecule has 0 aliphatic heterocycles. The van der Waals surface area contributed by atoms with E-state index < -0.39 is 0 Å². The minimum atomic E-state index is -0.0839. The zero-order valence-electron chi connectivity index (χ0n) is 12.4. The lowest BCUT2D eigenvalue weighted by Gasteiger charge is -2.19. The Balaban J connectivity index is 2.39. The first-order valence-electron chi connectivity index (χ1n) is 7.77. The molecule has 0 fully saturated rings. The molecule has 1 aromatic rings. The van der Waals surface area contributed by atoms with Crippen molar-refractivity contribution in [2.24, 2.45) is 0 Å². The molecule has 1 aromatic carbocycles. The number of unbranched alkanes of at least 4 members (excludes halogenated alkanes) is 5. The monoisotopic (exact) mass is 265 g/mol. The topological polar surface area (TPSA) is 12.0 Å². The Morgan fingerprint density at radius 1 is 1.00 bits per heavy atom. The Hall–Kier alpha value is -0.890. The van der Waals surface area contributed by atoms with E-state index in [1.165, 1.54) is 38.5 Å². The van der Waals surface area contributed by atoms with E-state index in [-0.39, 0.29) is 11.9 Å². The number of benzene rings is 1. The van der Waals surface area contributed by atoms with Gasteiger partial charge in [0.15, 0.2) is 0 Å².